The topological polar surface area (TPSA) is 36.7 Å². The Kier molecular flexibility index (Phi) is 4.99. The van der Waals surface area contributed by atoms with Gasteiger partial charge >= 0.3 is 0 Å². The number of aromatic nitrogens is 1. The van der Waals surface area contributed by atoms with Crippen molar-refractivity contribution in [2.24, 2.45) is 0 Å². The molecule has 0 amide bonds. The van der Waals surface area contributed by atoms with Gasteiger partial charge < -0.3 is 0 Å². The van der Waals surface area contributed by atoms with E-state index in [-0.39, 0.29) is 0 Å². The molecule has 0 N–H and O–H groups in total. The molecule has 0 saturated carbocycles. The Morgan fingerprint density at radius 2 is 1.17 bits per heavy atom. The van der Waals surface area contributed by atoms with Crippen LogP contribution in [0.25, 0.3) is 22.5 Å². The summed E-state index contributed by atoms with van der Waals surface area (Å²) in [6.07, 6.45) is 0. The molecule has 3 rings (SSSR count). The fourth-order valence-corrected chi connectivity index (χ4v) is 3.28. The molecule has 0 aliphatic carbocycles. The molecule has 0 fully saturated rings. The van der Waals surface area contributed by atoms with E-state index in [0.29, 0.717) is 48.2 Å². The number of rotatable bonds is 2. The Morgan fingerprint density at radius 1 is 0.708 bits per heavy atom. The maximum absolute atomic E-state index is 9.32. The van der Waals surface area contributed by atoms with Crippen LogP contribution in [0.15, 0.2) is 48.5 Å². The van der Waals surface area contributed by atoms with Gasteiger partial charge in [0.2, 0.25) is 0 Å². The van der Waals surface area contributed by atoms with E-state index in [1.165, 1.54) is 0 Å². The highest BCUT2D eigenvalue weighted by atomic mass is 35.5. The predicted octanol–water partition coefficient (Wildman–Crippen LogP) is 6.90. The van der Waals surface area contributed by atoms with E-state index in [9.17, 15) is 5.26 Å². The number of benzene rings is 2. The van der Waals surface area contributed by atoms with Gasteiger partial charge in [0.05, 0.1) is 33.1 Å². The Morgan fingerprint density at radius 3 is 1.54 bits per heavy atom. The van der Waals surface area contributed by atoms with Crippen LogP contribution in [0.2, 0.25) is 20.1 Å². The molecule has 0 aliphatic heterocycles. The predicted molar refractivity (Wildman–Crippen MR) is 99.9 cm³/mol. The zero-order valence-electron chi connectivity index (χ0n) is 12.0. The molecule has 2 aromatic carbocycles. The lowest BCUT2D eigenvalue weighted by Crippen LogP contribution is -1.92. The van der Waals surface area contributed by atoms with E-state index >= 15 is 0 Å². The normalized spacial score (nSPS) is 10.5. The third-order valence-corrected chi connectivity index (χ3v) is 4.46. The summed E-state index contributed by atoms with van der Waals surface area (Å²) in [7, 11) is 0. The van der Waals surface area contributed by atoms with Crippen LogP contribution in [0.3, 0.4) is 0 Å². The van der Waals surface area contributed by atoms with Gasteiger partial charge in [0, 0.05) is 21.2 Å². The molecule has 0 radical (unpaired) electrons. The second kappa shape index (κ2) is 7.01. The molecule has 2 nitrogen and oxygen atoms in total. The lowest BCUT2D eigenvalue weighted by Gasteiger charge is -2.09. The second-order valence-electron chi connectivity index (χ2n) is 4.99. The van der Waals surface area contributed by atoms with Crippen LogP contribution in [0.1, 0.15) is 5.56 Å². The highest BCUT2D eigenvalue weighted by molar-refractivity contribution is 6.37. The van der Waals surface area contributed by atoms with Gasteiger partial charge in [0.1, 0.15) is 0 Å². The first-order valence-corrected chi connectivity index (χ1v) is 8.32. The fourth-order valence-electron chi connectivity index (χ4n) is 2.27. The van der Waals surface area contributed by atoms with E-state index in [1.54, 1.807) is 48.5 Å². The Labute approximate surface area is 159 Å². The van der Waals surface area contributed by atoms with Crippen molar-refractivity contribution < 1.29 is 0 Å². The molecule has 0 atom stereocenters. The second-order valence-corrected chi connectivity index (χ2v) is 6.67. The van der Waals surface area contributed by atoms with Gasteiger partial charge in [0.25, 0.3) is 0 Å². The van der Waals surface area contributed by atoms with Crippen molar-refractivity contribution in [1.82, 2.24) is 4.98 Å². The zero-order chi connectivity index (χ0) is 17.3. The van der Waals surface area contributed by atoms with E-state index in [4.69, 9.17) is 46.4 Å². The van der Waals surface area contributed by atoms with Crippen LogP contribution in [-0.2, 0) is 0 Å². The first-order valence-electron chi connectivity index (χ1n) is 6.81. The first-order chi connectivity index (χ1) is 11.5. The summed E-state index contributed by atoms with van der Waals surface area (Å²) in [5.41, 5.74) is 2.95. The van der Waals surface area contributed by atoms with E-state index in [0.717, 1.165) is 0 Å². The summed E-state index contributed by atoms with van der Waals surface area (Å²) in [6.45, 7) is 0. The highest BCUT2D eigenvalue weighted by Gasteiger charge is 2.12. The van der Waals surface area contributed by atoms with Gasteiger partial charge in [-0.05, 0) is 48.5 Å². The van der Waals surface area contributed by atoms with Crippen molar-refractivity contribution in [3.05, 3.63) is 74.2 Å². The minimum Gasteiger partial charge on any atom is -0.248 e. The monoisotopic (exact) mass is 392 g/mol. The van der Waals surface area contributed by atoms with Crippen LogP contribution < -0.4 is 0 Å². The van der Waals surface area contributed by atoms with Gasteiger partial charge in [-0.2, -0.15) is 5.26 Å². The smallest absolute Gasteiger partial charge is 0.0993 e. The van der Waals surface area contributed by atoms with Crippen molar-refractivity contribution in [2.45, 2.75) is 0 Å². The van der Waals surface area contributed by atoms with Crippen LogP contribution in [0.4, 0.5) is 0 Å². The van der Waals surface area contributed by atoms with Crippen LogP contribution in [0, 0.1) is 11.3 Å². The minimum absolute atomic E-state index is 0.451. The third-order valence-electron chi connectivity index (χ3n) is 3.37. The molecule has 1 heterocycles. The molecule has 1 aromatic heterocycles. The molecule has 3 aromatic rings. The van der Waals surface area contributed by atoms with Crippen LogP contribution in [-0.4, -0.2) is 4.98 Å². The quantitative estimate of drug-likeness (QED) is 0.474. The molecule has 6 heteroatoms. The van der Waals surface area contributed by atoms with Crippen molar-refractivity contribution in [2.75, 3.05) is 0 Å². The highest BCUT2D eigenvalue weighted by Crippen LogP contribution is 2.34. The SMILES string of the molecule is N#Cc1cc(-c2ccc(Cl)cc2Cl)nc(-c2ccc(Cl)cc2Cl)c1. The third kappa shape index (κ3) is 3.50. The Hall–Kier alpha value is -1.76. The number of hydrogen-bond donors (Lipinski definition) is 0. The molecule has 0 bridgehead atoms. The largest absolute Gasteiger partial charge is 0.248 e. The average Bonchev–Trinajstić information content (AvgIpc) is 2.54. The van der Waals surface area contributed by atoms with Crippen molar-refractivity contribution in [3.8, 4) is 28.6 Å². The van der Waals surface area contributed by atoms with Gasteiger partial charge in [-0.3, -0.25) is 0 Å². The molecule has 0 saturated heterocycles. The molecular weight excluding hydrogens is 386 g/mol. The van der Waals surface area contributed by atoms with Gasteiger partial charge in [-0.15, -0.1) is 0 Å². The van der Waals surface area contributed by atoms with Gasteiger partial charge in [-0.1, -0.05) is 46.4 Å². The molecule has 118 valence electrons. The summed E-state index contributed by atoms with van der Waals surface area (Å²) < 4.78 is 0. The number of nitriles is 1. The number of hydrogen-bond acceptors (Lipinski definition) is 2. The molecule has 0 spiro atoms. The lowest BCUT2D eigenvalue weighted by atomic mass is 10.0. The van der Waals surface area contributed by atoms with Crippen molar-refractivity contribution >= 4 is 46.4 Å². The van der Waals surface area contributed by atoms with Gasteiger partial charge in [-0.25, -0.2) is 4.98 Å². The van der Waals surface area contributed by atoms with E-state index in [2.05, 4.69) is 11.1 Å². The average molecular weight is 394 g/mol. The summed E-state index contributed by atoms with van der Waals surface area (Å²) in [5, 5.41) is 11.3. The maximum Gasteiger partial charge on any atom is 0.0993 e. The lowest BCUT2D eigenvalue weighted by molar-refractivity contribution is 1.31. The van der Waals surface area contributed by atoms with Gasteiger partial charge in [0.15, 0.2) is 0 Å². The number of halogens is 4. The Balaban J connectivity index is 2.21. The minimum atomic E-state index is 0.451. The van der Waals surface area contributed by atoms with E-state index in [1.807, 2.05) is 0 Å². The number of pyridine rings is 1. The van der Waals surface area contributed by atoms with Crippen LogP contribution in [0.5, 0.6) is 0 Å². The molecule has 24 heavy (non-hydrogen) atoms. The summed E-state index contributed by atoms with van der Waals surface area (Å²) in [6, 6.07) is 15.7. The fraction of sp³-hybridized carbons (Fsp3) is 0. The molecular formula is C18H8Cl4N2. The Bertz CT molecular complexity index is 907. The summed E-state index contributed by atoms with van der Waals surface area (Å²) in [4.78, 5) is 4.60. The number of nitrogens with zero attached hydrogens (tertiary/aromatic N) is 2. The first kappa shape index (κ1) is 17.1. The summed E-state index contributed by atoms with van der Waals surface area (Å²) in [5.74, 6) is 0. The summed E-state index contributed by atoms with van der Waals surface area (Å²) >= 11 is 24.4. The maximum atomic E-state index is 9.32. The van der Waals surface area contributed by atoms with Crippen molar-refractivity contribution in [1.29, 1.82) is 5.26 Å². The van der Waals surface area contributed by atoms with Crippen molar-refractivity contribution in [3.63, 3.8) is 0 Å². The van der Waals surface area contributed by atoms with E-state index < -0.39 is 0 Å². The molecule has 0 aliphatic rings. The molecule has 0 unspecified atom stereocenters. The van der Waals surface area contributed by atoms with Crippen LogP contribution >= 0.6 is 46.4 Å². The standard InChI is InChI=1S/C18H8Cl4N2/c19-11-1-3-13(15(21)7-11)17-5-10(9-23)6-18(24-17)14-4-2-12(20)8-16(14)22/h1-8H. The zero-order valence-corrected chi connectivity index (χ0v) is 15.0.